The summed E-state index contributed by atoms with van der Waals surface area (Å²) in [7, 11) is 4.27. The molecule has 78 valence electrons. The summed E-state index contributed by atoms with van der Waals surface area (Å²) in [5, 5.41) is 0. The highest BCUT2D eigenvalue weighted by Gasteiger charge is 2.29. The van der Waals surface area contributed by atoms with Gasteiger partial charge in [-0.25, -0.2) is 0 Å². The highest BCUT2D eigenvalue weighted by atomic mass is 16.1. The molecule has 2 aliphatic rings. The molecule has 0 radical (unpaired) electrons. The first-order valence-corrected chi connectivity index (χ1v) is 5.56. The molecule has 2 unspecified atom stereocenters. The Bertz CT molecular complexity index is 267. The lowest BCUT2D eigenvalue weighted by molar-refractivity contribution is -0.115. The molecule has 1 fully saturated rings. The number of hydrogen-bond acceptors (Lipinski definition) is 2. The summed E-state index contributed by atoms with van der Waals surface area (Å²) >= 11 is 0. The number of ketones is 1. The maximum absolute atomic E-state index is 11.3. The highest BCUT2D eigenvalue weighted by molar-refractivity contribution is 5.91. The first-order chi connectivity index (χ1) is 6.66. The Morgan fingerprint density at radius 3 is 2.79 bits per heavy atom. The van der Waals surface area contributed by atoms with Crippen molar-refractivity contribution in [3.63, 3.8) is 0 Å². The van der Waals surface area contributed by atoms with Crippen LogP contribution < -0.4 is 0 Å². The largest absolute Gasteiger partial charge is 0.306 e. The fourth-order valence-electron chi connectivity index (χ4n) is 2.66. The Morgan fingerprint density at radius 1 is 1.29 bits per heavy atom. The zero-order valence-corrected chi connectivity index (χ0v) is 9.12. The molecule has 1 saturated carbocycles. The van der Waals surface area contributed by atoms with E-state index in [4.69, 9.17) is 0 Å². The fourth-order valence-corrected chi connectivity index (χ4v) is 2.66. The second-order valence-corrected chi connectivity index (χ2v) is 4.82. The Morgan fingerprint density at radius 2 is 2.07 bits per heavy atom. The molecule has 2 atom stereocenters. The van der Waals surface area contributed by atoms with Gasteiger partial charge in [-0.1, -0.05) is 5.57 Å². The molecule has 0 spiro atoms. The fraction of sp³-hybridized carbons (Fsp3) is 0.750. The van der Waals surface area contributed by atoms with Crippen LogP contribution in [0.5, 0.6) is 0 Å². The number of carbonyl (C=O) groups is 1. The molecule has 0 saturated heterocycles. The predicted octanol–water partition coefficient (Wildman–Crippen LogP) is 2.01. The molecule has 0 aromatic carbocycles. The lowest BCUT2D eigenvalue weighted by Gasteiger charge is -2.36. The minimum absolute atomic E-state index is 0.343. The quantitative estimate of drug-likeness (QED) is 0.635. The van der Waals surface area contributed by atoms with Crippen molar-refractivity contribution in [2.75, 3.05) is 14.1 Å². The van der Waals surface area contributed by atoms with Gasteiger partial charge in [0.05, 0.1) is 0 Å². The smallest absolute Gasteiger partial charge is 0.155 e. The van der Waals surface area contributed by atoms with E-state index in [0.717, 1.165) is 25.2 Å². The number of rotatable bonds is 1. The van der Waals surface area contributed by atoms with Gasteiger partial charge in [0.2, 0.25) is 0 Å². The van der Waals surface area contributed by atoms with Crippen LogP contribution in [0.2, 0.25) is 0 Å². The van der Waals surface area contributed by atoms with Crippen LogP contribution in [0.1, 0.15) is 32.1 Å². The van der Waals surface area contributed by atoms with Crippen LogP contribution in [-0.4, -0.2) is 30.8 Å². The van der Waals surface area contributed by atoms with Gasteiger partial charge in [-0.05, 0) is 51.8 Å². The van der Waals surface area contributed by atoms with Gasteiger partial charge >= 0.3 is 0 Å². The Hall–Kier alpha value is -0.630. The van der Waals surface area contributed by atoms with E-state index >= 15 is 0 Å². The van der Waals surface area contributed by atoms with Crippen LogP contribution in [0.25, 0.3) is 0 Å². The molecule has 0 N–H and O–H groups in total. The van der Waals surface area contributed by atoms with E-state index in [-0.39, 0.29) is 0 Å². The van der Waals surface area contributed by atoms with Crippen molar-refractivity contribution in [3.05, 3.63) is 11.6 Å². The number of carbonyl (C=O) groups excluding carboxylic acids is 1. The second-order valence-electron chi connectivity index (χ2n) is 4.82. The third-order valence-electron chi connectivity index (χ3n) is 3.66. The zero-order valence-electron chi connectivity index (χ0n) is 9.12. The summed E-state index contributed by atoms with van der Waals surface area (Å²) in [5.41, 5.74) is 1.42. The van der Waals surface area contributed by atoms with Crippen molar-refractivity contribution in [2.45, 2.75) is 38.1 Å². The predicted molar refractivity (Wildman–Crippen MR) is 57.1 cm³/mol. The summed E-state index contributed by atoms with van der Waals surface area (Å²) in [4.78, 5) is 13.6. The molecule has 2 aliphatic carbocycles. The van der Waals surface area contributed by atoms with E-state index in [0.29, 0.717) is 11.8 Å². The molecule has 0 bridgehead atoms. The number of fused-ring (bicyclic) bond motifs is 1. The van der Waals surface area contributed by atoms with E-state index in [1.807, 2.05) is 6.08 Å². The Labute approximate surface area is 86.0 Å². The first kappa shape index (κ1) is 9.91. The standard InChI is InChI=1S/C12H19NO/c1-13(2)11-5-3-9-4-6-12(14)8-10(9)7-11/h8-9,11H,3-7H2,1-2H3. The summed E-state index contributed by atoms with van der Waals surface area (Å²) < 4.78 is 0. The summed E-state index contributed by atoms with van der Waals surface area (Å²) in [6, 6.07) is 0.656. The molecule has 2 nitrogen and oxygen atoms in total. The summed E-state index contributed by atoms with van der Waals surface area (Å²) in [6.07, 6.45) is 7.49. The van der Waals surface area contributed by atoms with Crippen LogP contribution in [-0.2, 0) is 4.79 Å². The SMILES string of the molecule is CN(C)C1CCC2CCC(=O)C=C2C1. The average Bonchev–Trinajstić information content (AvgIpc) is 2.16. The zero-order chi connectivity index (χ0) is 10.1. The minimum atomic E-state index is 0.343. The monoisotopic (exact) mass is 193 g/mol. The second kappa shape index (κ2) is 3.85. The lowest BCUT2D eigenvalue weighted by atomic mass is 9.75. The normalized spacial score (nSPS) is 32.8. The number of hydrogen-bond donors (Lipinski definition) is 0. The molecular formula is C12H19NO. The molecule has 2 rings (SSSR count). The van der Waals surface area contributed by atoms with Crippen molar-refractivity contribution in [1.29, 1.82) is 0 Å². The van der Waals surface area contributed by atoms with Gasteiger partial charge in [0.1, 0.15) is 0 Å². The van der Waals surface area contributed by atoms with Crippen LogP contribution in [0.3, 0.4) is 0 Å². The van der Waals surface area contributed by atoms with Crippen LogP contribution in [0.4, 0.5) is 0 Å². The third-order valence-corrected chi connectivity index (χ3v) is 3.66. The van der Waals surface area contributed by atoms with E-state index in [9.17, 15) is 4.79 Å². The van der Waals surface area contributed by atoms with Gasteiger partial charge in [-0.2, -0.15) is 0 Å². The average molecular weight is 193 g/mol. The van der Waals surface area contributed by atoms with Gasteiger partial charge in [0.25, 0.3) is 0 Å². The minimum Gasteiger partial charge on any atom is -0.306 e. The molecule has 0 aliphatic heterocycles. The molecule has 0 aromatic heterocycles. The van der Waals surface area contributed by atoms with Crippen molar-refractivity contribution >= 4 is 5.78 Å². The van der Waals surface area contributed by atoms with E-state index in [2.05, 4.69) is 19.0 Å². The summed E-state index contributed by atoms with van der Waals surface area (Å²) in [5.74, 6) is 1.07. The molecule has 0 aromatic rings. The van der Waals surface area contributed by atoms with Crippen LogP contribution in [0, 0.1) is 5.92 Å². The van der Waals surface area contributed by atoms with Crippen LogP contribution in [0.15, 0.2) is 11.6 Å². The number of nitrogens with zero attached hydrogens (tertiary/aromatic N) is 1. The molecule has 14 heavy (non-hydrogen) atoms. The van der Waals surface area contributed by atoms with E-state index in [1.165, 1.54) is 18.4 Å². The maximum atomic E-state index is 11.3. The topological polar surface area (TPSA) is 20.3 Å². The van der Waals surface area contributed by atoms with E-state index in [1.54, 1.807) is 0 Å². The van der Waals surface area contributed by atoms with Gasteiger partial charge in [0, 0.05) is 12.5 Å². The van der Waals surface area contributed by atoms with Crippen molar-refractivity contribution in [1.82, 2.24) is 4.90 Å². The molecular weight excluding hydrogens is 174 g/mol. The van der Waals surface area contributed by atoms with Crippen molar-refractivity contribution in [2.24, 2.45) is 5.92 Å². The maximum Gasteiger partial charge on any atom is 0.155 e. The number of allylic oxidation sites excluding steroid dienone is 1. The first-order valence-electron chi connectivity index (χ1n) is 5.56. The highest BCUT2D eigenvalue weighted by Crippen LogP contribution is 2.36. The molecule has 2 heteroatoms. The van der Waals surface area contributed by atoms with Gasteiger partial charge in [-0.15, -0.1) is 0 Å². The Balaban J connectivity index is 2.09. The van der Waals surface area contributed by atoms with Crippen LogP contribution >= 0.6 is 0 Å². The van der Waals surface area contributed by atoms with Gasteiger partial charge < -0.3 is 4.90 Å². The third kappa shape index (κ3) is 1.90. The molecule has 0 heterocycles. The molecule has 0 amide bonds. The van der Waals surface area contributed by atoms with E-state index < -0.39 is 0 Å². The van der Waals surface area contributed by atoms with Crippen molar-refractivity contribution < 1.29 is 4.79 Å². The van der Waals surface area contributed by atoms with Gasteiger partial charge in [0.15, 0.2) is 5.78 Å². The Kier molecular flexibility index (Phi) is 2.73. The summed E-state index contributed by atoms with van der Waals surface area (Å²) in [6.45, 7) is 0. The van der Waals surface area contributed by atoms with Gasteiger partial charge in [-0.3, -0.25) is 4.79 Å². The lowest BCUT2D eigenvalue weighted by Crippen LogP contribution is -2.34. The van der Waals surface area contributed by atoms with Crippen molar-refractivity contribution in [3.8, 4) is 0 Å².